The van der Waals surface area contributed by atoms with E-state index in [2.05, 4.69) is 0 Å². The zero-order valence-corrected chi connectivity index (χ0v) is 8.88. The van der Waals surface area contributed by atoms with E-state index in [9.17, 15) is 13.2 Å². The van der Waals surface area contributed by atoms with Crippen LogP contribution < -0.4 is 5.73 Å². The van der Waals surface area contributed by atoms with Crippen molar-refractivity contribution in [2.45, 2.75) is 24.5 Å². The zero-order valence-electron chi connectivity index (χ0n) is 8.06. The summed E-state index contributed by atoms with van der Waals surface area (Å²) in [6.45, 7) is 0.00829. The fraction of sp³-hybridized carbons (Fsp3) is 0.875. The van der Waals surface area contributed by atoms with Gasteiger partial charge in [-0.15, -0.1) is 0 Å². The van der Waals surface area contributed by atoms with Crippen LogP contribution in [0, 0.1) is 5.41 Å². The molecule has 6 heteroatoms. The molecule has 3 N–H and O–H groups in total. The molecule has 5 nitrogen and oxygen atoms in total. The minimum atomic E-state index is -3.14. The standard InChI is InChI=1S/C8H15NO4S/c1-14(12,13)6-2-3-8(4-6,5-9)7(10)11/h6H,2-5,9H2,1H3,(H,10,11)/t6-,8+/m1/s1. The molecule has 0 aliphatic heterocycles. The van der Waals surface area contributed by atoms with E-state index in [4.69, 9.17) is 10.8 Å². The van der Waals surface area contributed by atoms with E-state index in [1.165, 1.54) is 0 Å². The lowest BCUT2D eigenvalue weighted by atomic mass is 9.87. The van der Waals surface area contributed by atoms with Crippen molar-refractivity contribution in [3.05, 3.63) is 0 Å². The number of rotatable bonds is 3. The van der Waals surface area contributed by atoms with E-state index in [-0.39, 0.29) is 13.0 Å². The first-order valence-electron chi connectivity index (χ1n) is 4.44. The first-order chi connectivity index (χ1) is 6.32. The predicted octanol–water partition coefficient (Wildman–Crippen LogP) is -0.387. The van der Waals surface area contributed by atoms with Crippen LogP contribution in [0.4, 0.5) is 0 Å². The van der Waals surface area contributed by atoms with E-state index in [0.29, 0.717) is 12.8 Å². The molecule has 0 aromatic heterocycles. The van der Waals surface area contributed by atoms with Gasteiger partial charge in [0.2, 0.25) is 0 Å². The molecule has 0 heterocycles. The van der Waals surface area contributed by atoms with Crippen LogP contribution in [0.1, 0.15) is 19.3 Å². The van der Waals surface area contributed by atoms with Crippen molar-refractivity contribution in [2.75, 3.05) is 12.8 Å². The van der Waals surface area contributed by atoms with Crippen molar-refractivity contribution in [3.8, 4) is 0 Å². The van der Waals surface area contributed by atoms with Crippen LogP contribution in [0.15, 0.2) is 0 Å². The summed E-state index contributed by atoms with van der Waals surface area (Å²) in [5, 5.41) is 8.43. The van der Waals surface area contributed by atoms with Gasteiger partial charge in [0.25, 0.3) is 0 Å². The van der Waals surface area contributed by atoms with Crippen LogP contribution in [-0.4, -0.2) is 37.5 Å². The monoisotopic (exact) mass is 221 g/mol. The molecule has 0 amide bonds. The third kappa shape index (κ3) is 1.90. The second-order valence-corrected chi connectivity index (χ2v) is 6.31. The Balaban J connectivity index is 2.87. The van der Waals surface area contributed by atoms with Crippen LogP contribution in [-0.2, 0) is 14.6 Å². The van der Waals surface area contributed by atoms with Gasteiger partial charge in [0.1, 0.15) is 9.84 Å². The molecule has 82 valence electrons. The quantitative estimate of drug-likeness (QED) is 0.676. The summed E-state index contributed by atoms with van der Waals surface area (Å²) < 4.78 is 22.5. The molecule has 0 spiro atoms. The van der Waals surface area contributed by atoms with Crippen LogP contribution in [0.25, 0.3) is 0 Å². The van der Waals surface area contributed by atoms with Crippen LogP contribution >= 0.6 is 0 Å². The smallest absolute Gasteiger partial charge is 0.310 e. The zero-order chi connectivity index (χ0) is 11.0. The Kier molecular flexibility index (Phi) is 2.87. The van der Waals surface area contributed by atoms with Gasteiger partial charge in [-0.05, 0) is 19.3 Å². The number of carboxylic acid groups (broad SMARTS) is 1. The van der Waals surface area contributed by atoms with Gasteiger partial charge in [-0.3, -0.25) is 4.79 Å². The summed E-state index contributed by atoms with van der Waals surface area (Å²) in [5.41, 5.74) is 4.38. The van der Waals surface area contributed by atoms with Gasteiger partial charge in [-0.1, -0.05) is 0 Å². The molecule has 0 radical (unpaired) electrons. The highest BCUT2D eigenvalue weighted by Crippen LogP contribution is 2.40. The molecule has 0 unspecified atom stereocenters. The van der Waals surface area contributed by atoms with Gasteiger partial charge >= 0.3 is 5.97 Å². The molecule has 1 rings (SSSR count). The van der Waals surface area contributed by atoms with Crippen molar-refractivity contribution in [1.82, 2.24) is 0 Å². The molecule has 0 saturated heterocycles. The Morgan fingerprint density at radius 2 is 2.21 bits per heavy atom. The lowest BCUT2D eigenvalue weighted by molar-refractivity contribution is -0.147. The minimum Gasteiger partial charge on any atom is -0.481 e. The lowest BCUT2D eigenvalue weighted by Crippen LogP contribution is -2.37. The molecule has 0 bridgehead atoms. The summed E-state index contributed by atoms with van der Waals surface area (Å²) in [6.07, 6.45) is 2.06. The molecule has 0 aromatic carbocycles. The van der Waals surface area contributed by atoms with Crippen molar-refractivity contribution >= 4 is 15.8 Å². The Labute approximate surface area is 83.2 Å². The van der Waals surface area contributed by atoms with E-state index < -0.39 is 26.5 Å². The van der Waals surface area contributed by atoms with Crippen molar-refractivity contribution in [2.24, 2.45) is 11.1 Å². The number of hydrogen-bond donors (Lipinski definition) is 2. The number of nitrogens with two attached hydrogens (primary N) is 1. The van der Waals surface area contributed by atoms with Gasteiger partial charge in [0.15, 0.2) is 0 Å². The van der Waals surface area contributed by atoms with Crippen LogP contribution in [0.5, 0.6) is 0 Å². The number of carboxylic acids is 1. The second kappa shape index (κ2) is 3.51. The first kappa shape index (κ1) is 11.5. The molecule has 14 heavy (non-hydrogen) atoms. The van der Waals surface area contributed by atoms with E-state index in [0.717, 1.165) is 6.26 Å². The summed E-state index contributed by atoms with van der Waals surface area (Å²) in [6, 6.07) is 0. The Bertz CT molecular complexity index is 337. The van der Waals surface area contributed by atoms with E-state index in [1.54, 1.807) is 0 Å². The molecule has 1 aliphatic rings. The van der Waals surface area contributed by atoms with Crippen LogP contribution in [0.2, 0.25) is 0 Å². The highest BCUT2D eigenvalue weighted by atomic mass is 32.2. The topological polar surface area (TPSA) is 97.5 Å². The van der Waals surface area contributed by atoms with Gasteiger partial charge in [0, 0.05) is 12.8 Å². The number of carbonyl (C=O) groups is 1. The van der Waals surface area contributed by atoms with Crippen molar-refractivity contribution in [1.29, 1.82) is 0 Å². The third-order valence-electron chi connectivity index (χ3n) is 3.01. The molecule has 1 fully saturated rings. The van der Waals surface area contributed by atoms with E-state index >= 15 is 0 Å². The number of sulfone groups is 1. The highest BCUT2D eigenvalue weighted by Gasteiger charge is 2.47. The third-order valence-corrected chi connectivity index (χ3v) is 4.63. The first-order valence-corrected chi connectivity index (χ1v) is 6.39. The largest absolute Gasteiger partial charge is 0.481 e. The normalized spacial score (nSPS) is 33.1. The molecule has 2 atom stereocenters. The molecular weight excluding hydrogens is 206 g/mol. The fourth-order valence-corrected chi connectivity index (χ4v) is 3.08. The highest BCUT2D eigenvalue weighted by molar-refractivity contribution is 7.91. The molecule has 1 saturated carbocycles. The van der Waals surface area contributed by atoms with E-state index in [1.807, 2.05) is 0 Å². The summed E-state index contributed by atoms with van der Waals surface area (Å²) in [5.74, 6) is -0.980. The molecule has 1 aliphatic carbocycles. The molecular formula is C8H15NO4S. The Morgan fingerprint density at radius 1 is 1.64 bits per heavy atom. The average Bonchev–Trinajstić information content (AvgIpc) is 2.47. The van der Waals surface area contributed by atoms with Gasteiger partial charge in [-0.25, -0.2) is 8.42 Å². The summed E-state index contributed by atoms with van der Waals surface area (Å²) >= 11 is 0. The molecule has 0 aromatic rings. The van der Waals surface area contributed by atoms with Gasteiger partial charge in [0.05, 0.1) is 10.7 Å². The number of aliphatic carboxylic acids is 1. The lowest BCUT2D eigenvalue weighted by Gasteiger charge is -2.21. The van der Waals surface area contributed by atoms with Gasteiger partial charge in [-0.2, -0.15) is 0 Å². The maximum atomic E-state index is 11.2. The minimum absolute atomic E-state index is 0.00829. The fourth-order valence-electron chi connectivity index (χ4n) is 1.91. The summed E-state index contributed by atoms with van der Waals surface area (Å²) in [7, 11) is -3.14. The maximum absolute atomic E-state index is 11.2. The Hall–Kier alpha value is -0.620. The summed E-state index contributed by atoms with van der Waals surface area (Å²) in [4.78, 5) is 11.0. The predicted molar refractivity (Wildman–Crippen MR) is 51.6 cm³/mol. The van der Waals surface area contributed by atoms with Crippen molar-refractivity contribution < 1.29 is 18.3 Å². The van der Waals surface area contributed by atoms with Crippen LogP contribution in [0.3, 0.4) is 0 Å². The van der Waals surface area contributed by atoms with Crippen molar-refractivity contribution in [3.63, 3.8) is 0 Å². The average molecular weight is 221 g/mol. The SMILES string of the molecule is CS(=O)(=O)[C@@H]1CC[C@](CN)(C(=O)O)C1. The Morgan fingerprint density at radius 3 is 2.43 bits per heavy atom. The number of hydrogen-bond acceptors (Lipinski definition) is 4. The second-order valence-electron chi connectivity index (χ2n) is 3.98. The maximum Gasteiger partial charge on any atom is 0.310 e. The van der Waals surface area contributed by atoms with Gasteiger partial charge < -0.3 is 10.8 Å².